The van der Waals surface area contributed by atoms with Crippen molar-refractivity contribution in [2.45, 2.75) is 57.8 Å². The normalized spacial score (nSPS) is 12.5. The second kappa shape index (κ2) is 15.0. The minimum absolute atomic E-state index is 0.158. The first-order valence-corrected chi connectivity index (χ1v) is 15.1. The number of benzene rings is 3. The van der Waals surface area contributed by atoms with Crippen LogP contribution in [-0.4, -0.2) is 63.8 Å². The predicted octanol–water partition coefficient (Wildman–Crippen LogP) is 4.68. The van der Waals surface area contributed by atoms with E-state index in [1.807, 2.05) is 48.7 Å². The lowest BCUT2D eigenvalue weighted by atomic mass is 9.92. The third-order valence-corrected chi connectivity index (χ3v) is 7.69. The number of carboxylic acids is 1. The van der Waals surface area contributed by atoms with Gasteiger partial charge in [-0.1, -0.05) is 42.5 Å². The summed E-state index contributed by atoms with van der Waals surface area (Å²) in [4.78, 5) is 39.1. The molecule has 0 aliphatic rings. The van der Waals surface area contributed by atoms with E-state index in [1.165, 1.54) is 17.0 Å². The highest BCUT2D eigenvalue weighted by Crippen LogP contribution is 2.43. The van der Waals surface area contributed by atoms with Crippen LogP contribution in [0.25, 0.3) is 22.3 Å². The zero-order valence-electron chi connectivity index (χ0n) is 26.4. The topological polar surface area (TPSA) is 135 Å². The van der Waals surface area contributed by atoms with Gasteiger partial charge in [-0.05, 0) is 80.6 Å². The first-order valence-electron chi connectivity index (χ1n) is 15.1. The lowest BCUT2D eigenvalue weighted by Gasteiger charge is -2.20. The number of nitrogens with zero attached hydrogens (tertiary/aromatic N) is 2. The van der Waals surface area contributed by atoms with E-state index >= 15 is 0 Å². The number of carboxylic acid groups (broad SMARTS) is 1. The third kappa shape index (κ3) is 8.07. The van der Waals surface area contributed by atoms with E-state index in [0.29, 0.717) is 39.3 Å². The van der Waals surface area contributed by atoms with Gasteiger partial charge in [0.15, 0.2) is 0 Å². The van der Waals surface area contributed by atoms with Gasteiger partial charge in [-0.2, -0.15) is 0 Å². The molecule has 4 rings (SSSR count). The van der Waals surface area contributed by atoms with E-state index in [4.69, 9.17) is 0 Å². The Hall–Kier alpha value is -4.80. The monoisotopic (exact) mass is 628 g/mol. The van der Waals surface area contributed by atoms with E-state index in [-0.39, 0.29) is 31.2 Å². The zero-order valence-corrected chi connectivity index (χ0v) is 26.4. The van der Waals surface area contributed by atoms with E-state index in [1.54, 1.807) is 50.5 Å². The minimum atomic E-state index is -1.41. The molecule has 3 aromatic carbocycles. The van der Waals surface area contributed by atoms with Gasteiger partial charge in [0.05, 0.1) is 12.2 Å². The summed E-state index contributed by atoms with van der Waals surface area (Å²) in [7, 11) is 3.32. The summed E-state index contributed by atoms with van der Waals surface area (Å²) < 4.78 is 16.0. The number of rotatable bonds is 13. The Morgan fingerprint density at radius 2 is 1.48 bits per heavy atom. The Bertz CT molecular complexity index is 1660. The standard InChI is InChI=1S/C36H40FN3O6/c1-22(2)40-30(19-18-28(41)20-29(42)21-31(43)44)32(24-10-14-26(37)15-11-24)33(23-8-6-5-7-9-23)34(40)35(45)38-27-16-12-25(13-17-27)36(46)39(3)4/h5-17,22,28-29,41-42H,18-21H2,1-4H3,(H,38,45)(H,43,44)/p-1/t28-,29-/m1/s1. The lowest BCUT2D eigenvalue weighted by Crippen LogP contribution is -2.29. The predicted molar refractivity (Wildman–Crippen MR) is 173 cm³/mol. The number of aliphatic carboxylic acids is 1. The average molecular weight is 629 g/mol. The van der Waals surface area contributed by atoms with Crippen LogP contribution in [0.3, 0.4) is 0 Å². The first kappa shape index (κ1) is 34.1. The van der Waals surface area contributed by atoms with Crippen molar-refractivity contribution in [2.75, 3.05) is 19.4 Å². The highest BCUT2D eigenvalue weighted by molar-refractivity contribution is 6.11. The molecule has 1 heterocycles. The Morgan fingerprint density at radius 1 is 0.870 bits per heavy atom. The number of nitrogens with one attached hydrogen (secondary N) is 1. The van der Waals surface area contributed by atoms with Crippen LogP contribution in [0.15, 0.2) is 78.9 Å². The summed E-state index contributed by atoms with van der Waals surface area (Å²) in [5.74, 6) is -2.39. The molecule has 46 heavy (non-hydrogen) atoms. The fourth-order valence-corrected chi connectivity index (χ4v) is 5.65. The molecule has 1 aromatic heterocycles. The number of carbonyl (C=O) groups excluding carboxylic acids is 3. The highest BCUT2D eigenvalue weighted by Gasteiger charge is 2.30. The number of aliphatic hydroxyl groups excluding tert-OH is 2. The Balaban J connectivity index is 1.86. The molecule has 0 saturated heterocycles. The van der Waals surface area contributed by atoms with Crippen molar-refractivity contribution < 1.29 is 34.1 Å². The fraction of sp³-hybridized carbons (Fsp3) is 0.306. The molecule has 2 atom stereocenters. The number of aliphatic hydroxyl groups is 2. The summed E-state index contributed by atoms with van der Waals surface area (Å²) >= 11 is 0. The molecule has 10 heteroatoms. The van der Waals surface area contributed by atoms with Crippen LogP contribution in [0.1, 0.15) is 65.7 Å². The second-order valence-corrected chi connectivity index (χ2v) is 11.8. The molecule has 0 saturated carbocycles. The van der Waals surface area contributed by atoms with Gasteiger partial charge in [0.1, 0.15) is 11.5 Å². The van der Waals surface area contributed by atoms with Gasteiger partial charge in [-0.15, -0.1) is 0 Å². The van der Waals surface area contributed by atoms with Crippen LogP contribution in [0, 0.1) is 5.82 Å². The number of carbonyl (C=O) groups is 3. The molecule has 3 N–H and O–H groups in total. The molecule has 0 bridgehead atoms. The van der Waals surface area contributed by atoms with Crippen molar-refractivity contribution in [1.29, 1.82) is 0 Å². The van der Waals surface area contributed by atoms with Crippen LogP contribution in [0.2, 0.25) is 0 Å². The van der Waals surface area contributed by atoms with Crippen LogP contribution >= 0.6 is 0 Å². The van der Waals surface area contributed by atoms with Crippen molar-refractivity contribution >= 4 is 23.5 Å². The molecular formula is C36H39FN3O6-. The number of amides is 2. The second-order valence-electron chi connectivity index (χ2n) is 11.8. The molecule has 0 fully saturated rings. The molecule has 4 aromatic rings. The smallest absolute Gasteiger partial charge is 0.272 e. The summed E-state index contributed by atoms with van der Waals surface area (Å²) in [6.45, 7) is 3.87. The van der Waals surface area contributed by atoms with E-state index in [2.05, 4.69) is 5.32 Å². The number of aromatic nitrogens is 1. The number of halogens is 1. The molecule has 9 nitrogen and oxygen atoms in total. The van der Waals surface area contributed by atoms with Gasteiger partial charge in [0.25, 0.3) is 11.8 Å². The van der Waals surface area contributed by atoms with E-state index in [9.17, 15) is 34.1 Å². The zero-order chi connectivity index (χ0) is 33.5. The molecule has 0 spiro atoms. The van der Waals surface area contributed by atoms with Crippen molar-refractivity contribution in [2.24, 2.45) is 0 Å². The fourth-order valence-electron chi connectivity index (χ4n) is 5.65. The Labute approximate surface area is 267 Å². The number of hydrogen-bond donors (Lipinski definition) is 3. The van der Waals surface area contributed by atoms with E-state index in [0.717, 1.165) is 5.56 Å². The van der Waals surface area contributed by atoms with E-state index < -0.39 is 36.3 Å². The molecule has 0 aliphatic carbocycles. The number of hydrogen-bond acceptors (Lipinski definition) is 6. The number of anilines is 1. The van der Waals surface area contributed by atoms with Crippen LogP contribution < -0.4 is 10.4 Å². The molecular weight excluding hydrogens is 589 g/mol. The molecule has 0 unspecified atom stereocenters. The summed E-state index contributed by atoms with van der Waals surface area (Å²) in [5.41, 5.74) is 4.77. The third-order valence-electron chi connectivity index (χ3n) is 7.69. The van der Waals surface area contributed by atoms with Gasteiger partial charge in [0.2, 0.25) is 0 Å². The Kier molecular flexibility index (Phi) is 11.1. The summed E-state index contributed by atoms with van der Waals surface area (Å²) in [6.07, 6.45) is -2.63. The Morgan fingerprint density at radius 3 is 2.04 bits per heavy atom. The van der Waals surface area contributed by atoms with Gasteiger partial charge < -0.3 is 34.9 Å². The van der Waals surface area contributed by atoms with Gasteiger partial charge in [0, 0.05) is 60.6 Å². The average Bonchev–Trinajstić information content (AvgIpc) is 3.36. The lowest BCUT2D eigenvalue weighted by molar-refractivity contribution is -0.307. The van der Waals surface area contributed by atoms with Crippen molar-refractivity contribution in [1.82, 2.24) is 9.47 Å². The maximum atomic E-state index is 14.3. The SMILES string of the molecule is CC(C)n1c(CC[C@@H](O)C[C@@H](O)CC(=O)[O-])c(-c2ccc(F)cc2)c(-c2ccccc2)c1C(=O)Nc1ccc(C(=O)N(C)C)cc1. The molecule has 242 valence electrons. The van der Waals surface area contributed by atoms with Crippen molar-refractivity contribution in [3.8, 4) is 22.3 Å². The first-order chi connectivity index (χ1) is 21.9. The maximum Gasteiger partial charge on any atom is 0.272 e. The minimum Gasteiger partial charge on any atom is -0.550 e. The van der Waals surface area contributed by atoms with Crippen molar-refractivity contribution in [3.05, 3.63) is 102 Å². The van der Waals surface area contributed by atoms with Gasteiger partial charge >= 0.3 is 0 Å². The van der Waals surface area contributed by atoms with Crippen molar-refractivity contribution in [3.63, 3.8) is 0 Å². The maximum absolute atomic E-state index is 14.3. The molecule has 2 amide bonds. The summed E-state index contributed by atoms with van der Waals surface area (Å²) in [6, 6.07) is 21.7. The quantitative estimate of drug-likeness (QED) is 0.197. The summed E-state index contributed by atoms with van der Waals surface area (Å²) in [5, 5.41) is 34.8. The molecule has 0 radical (unpaired) electrons. The largest absolute Gasteiger partial charge is 0.550 e. The van der Waals surface area contributed by atoms with Crippen LogP contribution in [0.5, 0.6) is 0 Å². The van der Waals surface area contributed by atoms with Gasteiger partial charge in [-0.25, -0.2) is 4.39 Å². The molecule has 0 aliphatic heterocycles. The van der Waals surface area contributed by atoms with Crippen LogP contribution in [-0.2, 0) is 11.2 Å². The van der Waals surface area contributed by atoms with Gasteiger partial charge in [-0.3, -0.25) is 9.59 Å². The van der Waals surface area contributed by atoms with Crippen LogP contribution in [0.4, 0.5) is 10.1 Å². The highest BCUT2D eigenvalue weighted by atomic mass is 19.1.